The first-order valence-electron chi connectivity index (χ1n) is 10.7. The van der Waals surface area contributed by atoms with Crippen LogP contribution in [0.2, 0.25) is 0 Å². The van der Waals surface area contributed by atoms with Crippen LogP contribution in [-0.2, 0) is 4.74 Å². The summed E-state index contributed by atoms with van der Waals surface area (Å²) in [4.78, 5) is 6.48. The quantitative estimate of drug-likeness (QED) is 0.531. The zero-order chi connectivity index (χ0) is 20.6. The van der Waals surface area contributed by atoms with Crippen LogP contribution in [0.25, 0.3) is 0 Å². The number of hydrogen-bond donors (Lipinski definition) is 0. The highest BCUT2D eigenvalue weighted by Gasteiger charge is 2.31. The Labute approximate surface area is 166 Å². The SMILES string of the molecule is CC.FC(CN1CCC2=C(CC1)N=C(OCC(F)(F)F)CC2)C1CCCCC1. The summed E-state index contributed by atoms with van der Waals surface area (Å²) in [7, 11) is 0. The molecule has 0 aromatic rings. The second kappa shape index (κ2) is 11.2. The lowest BCUT2D eigenvalue weighted by Crippen LogP contribution is -2.35. The molecule has 1 unspecified atom stereocenters. The predicted molar refractivity (Wildman–Crippen MR) is 104 cm³/mol. The lowest BCUT2D eigenvalue weighted by molar-refractivity contribution is -0.156. The van der Waals surface area contributed by atoms with Gasteiger partial charge in [0.05, 0.1) is 0 Å². The number of nitrogens with zero attached hydrogens (tertiary/aromatic N) is 2. The van der Waals surface area contributed by atoms with Gasteiger partial charge < -0.3 is 4.74 Å². The molecular formula is C21H34F4N2O. The smallest absolute Gasteiger partial charge is 0.422 e. The maximum Gasteiger partial charge on any atom is 0.422 e. The second-order valence-electron chi connectivity index (χ2n) is 7.67. The van der Waals surface area contributed by atoms with E-state index in [9.17, 15) is 17.6 Å². The first kappa shape index (κ1) is 23.2. The molecular weight excluding hydrogens is 372 g/mol. The minimum absolute atomic E-state index is 0.181. The summed E-state index contributed by atoms with van der Waals surface area (Å²) < 4.78 is 56.4. The van der Waals surface area contributed by atoms with Gasteiger partial charge in [-0.2, -0.15) is 13.2 Å². The van der Waals surface area contributed by atoms with E-state index < -0.39 is 19.0 Å². The topological polar surface area (TPSA) is 24.8 Å². The molecule has 0 amide bonds. The molecule has 3 aliphatic rings. The van der Waals surface area contributed by atoms with Gasteiger partial charge in [-0.15, -0.1) is 0 Å². The van der Waals surface area contributed by atoms with Crippen molar-refractivity contribution in [2.24, 2.45) is 10.9 Å². The average Bonchev–Trinajstić information content (AvgIpc) is 2.90. The van der Waals surface area contributed by atoms with Gasteiger partial charge in [-0.1, -0.05) is 33.1 Å². The Balaban J connectivity index is 0.00000136. The van der Waals surface area contributed by atoms with Crippen LogP contribution in [0.4, 0.5) is 17.6 Å². The van der Waals surface area contributed by atoms with Gasteiger partial charge in [0, 0.05) is 38.2 Å². The van der Waals surface area contributed by atoms with Crippen molar-refractivity contribution in [2.75, 3.05) is 26.2 Å². The molecule has 2 aliphatic heterocycles. The molecule has 1 saturated carbocycles. The second-order valence-corrected chi connectivity index (χ2v) is 7.67. The van der Waals surface area contributed by atoms with Crippen molar-refractivity contribution in [1.82, 2.24) is 4.90 Å². The third kappa shape index (κ3) is 7.37. The first-order valence-corrected chi connectivity index (χ1v) is 10.7. The third-order valence-electron chi connectivity index (χ3n) is 5.70. The number of rotatable bonds is 4. The molecule has 1 atom stereocenters. The molecule has 162 valence electrons. The molecule has 0 aromatic carbocycles. The van der Waals surface area contributed by atoms with Crippen molar-refractivity contribution in [3.63, 3.8) is 0 Å². The van der Waals surface area contributed by atoms with E-state index in [0.29, 0.717) is 32.4 Å². The van der Waals surface area contributed by atoms with Crippen molar-refractivity contribution < 1.29 is 22.3 Å². The fourth-order valence-corrected chi connectivity index (χ4v) is 4.20. The fourth-order valence-electron chi connectivity index (χ4n) is 4.20. The van der Waals surface area contributed by atoms with E-state index in [-0.39, 0.29) is 11.8 Å². The van der Waals surface area contributed by atoms with Crippen LogP contribution < -0.4 is 0 Å². The summed E-state index contributed by atoms with van der Waals surface area (Å²) in [5, 5.41) is 0. The molecule has 0 spiro atoms. The highest BCUT2D eigenvalue weighted by atomic mass is 19.4. The maximum absolute atomic E-state index is 14.6. The van der Waals surface area contributed by atoms with E-state index >= 15 is 0 Å². The molecule has 1 aliphatic carbocycles. The van der Waals surface area contributed by atoms with Gasteiger partial charge in [0.25, 0.3) is 0 Å². The molecule has 2 heterocycles. The molecule has 0 saturated heterocycles. The zero-order valence-corrected chi connectivity index (χ0v) is 17.2. The first-order chi connectivity index (χ1) is 13.4. The molecule has 28 heavy (non-hydrogen) atoms. The normalized spacial score (nSPS) is 23.1. The van der Waals surface area contributed by atoms with E-state index in [2.05, 4.69) is 9.89 Å². The van der Waals surface area contributed by atoms with Gasteiger partial charge >= 0.3 is 6.18 Å². The van der Waals surface area contributed by atoms with Crippen LogP contribution in [0.5, 0.6) is 0 Å². The zero-order valence-electron chi connectivity index (χ0n) is 17.2. The number of hydrogen-bond acceptors (Lipinski definition) is 3. The molecule has 3 nitrogen and oxygen atoms in total. The monoisotopic (exact) mass is 406 g/mol. The van der Waals surface area contributed by atoms with E-state index in [0.717, 1.165) is 44.3 Å². The molecule has 1 fully saturated rings. The minimum Gasteiger partial charge on any atom is -0.471 e. The molecule has 7 heteroatoms. The molecule has 0 radical (unpaired) electrons. The number of aliphatic imine (C=N–C) groups is 1. The summed E-state index contributed by atoms with van der Waals surface area (Å²) in [6, 6.07) is 0. The van der Waals surface area contributed by atoms with E-state index in [1.54, 1.807) is 0 Å². The van der Waals surface area contributed by atoms with Gasteiger partial charge in [-0.25, -0.2) is 9.38 Å². The highest BCUT2D eigenvalue weighted by molar-refractivity contribution is 5.78. The van der Waals surface area contributed by atoms with Crippen LogP contribution in [-0.4, -0.2) is 49.4 Å². The van der Waals surface area contributed by atoms with Crippen LogP contribution in [0, 0.1) is 5.92 Å². The Hall–Kier alpha value is -1.11. The minimum atomic E-state index is -4.34. The van der Waals surface area contributed by atoms with E-state index in [1.165, 1.54) is 12.0 Å². The Morgan fingerprint density at radius 2 is 1.71 bits per heavy atom. The molecule has 0 aromatic heterocycles. The Morgan fingerprint density at radius 1 is 1.04 bits per heavy atom. The Kier molecular flexibility index (Phi) is 9.25. The third-order valence-corrected chi connectivity index (χ3v) is 5.70. The van der Waals surface area contributed by atoms with Crippen molar-refractivity contribution in [1.29, 1.82) is 0 Å². The van der Waals surface area contributed by atoms with Crippen molar-refractivity contribution in [3.8, 4) is 0 Å². The largest absolute Gasteiger partial charge is 0.471 e. The summed E-state index contributed by atoms with van der Waals surface area (Å²) >= 11 is 0. The fraction of sp³-hybridized carbons (Fsp3) is 0.857. The predicted octanol–water partition coefficient (Wildman–Crippen LogP) is 6.05. The Bertz CT molecular complexity index is 539. The Morgan fingerprint density at radius 3 is 2.39 bits per heavy atom. The van der Waals surface area contributed by atoms with Crippen LogP contribution in [0.1, 0.15) is 71.6 Å². The lowest BCUT2D eigenvalue weighted by Gasteiger charge is -2.29. The van der Waals surface area contributed by atoms with Crippen LogP contribution >= 0.6 is 0 Å². The average molecular weight is 407 g/mol. The highest BCUT2D eigenvalue weighted by Crippen LogP contribution is 2.31. The van der Waals surface area contributed by atoms with Crippen molar-refractivity contribution in [3.05, 3.63) is 11.3 Å². The van der Waals surface area contributed by atoms with Crippen LogP contribution in [0.15, 0.2) is 16.3 Å². The van der Waals surface area contributed by atoms with Gasteiger partial charge in [0.15, 0.2) is 12.5 Å². The lowest BCUT2D eigenvalue weighted by atomic mass is 9.86. The number of halogens is 4. The van der Waals surface area contributed by atoms with Crippen molar-refractivity contribution >= 4 is 5.90 Å². The van der Waals surface area contributed by atoms with E-state index in [1.807, 2.05) is 13.8 Å². The number of ether oxygens (including phenoxy) is 1. The molecule has 0 bridgehead atoms. The van der Waals surface area contributed by atoms with Gasteiger partial charge in [0.1, 0.15) is 6.17 Å². The number of alkyl halides is 4. The molecule has 3 rings (SSSR count). The summed E-state index contributed by atoms with van der Waals surface area (Å²) in [6.45, 7) is 4.69. The summed E-state index contributed by atoms with van der Waals surface area (Å²) in [5.74, 6) is 0.370. The summed E-state index contributed by atoms with van der Waals surface area (Å²) in [6.07, 6.45) is 2.96. The van der Waals surface area contributed by atoms with Gasteiger partial charge in [-0.05, 0) is 37.2 Å². The van der Waals surface area contributed by atoms with Crippen molar-refractivity contribution in [2.45, 2.75) is 84.0 Å². The van der Waals surface area contributed by atoms with Gasteiger partial charge in [-0.3, -0.25) is 4.90 Å². The van der Waals surface area contributed by atoms with E-state index in [4.69, 9.17) is 4.74 Å². The van der Waals surface area contributed by atoms with Crippen LogP contribution in [0.3, 0.4) is 0 Å². The molecule has 0 N–H and O–H groups in total. The summed E-state index contributed by atoms with van der Waals surface area (Å²) in [5.41, 5.74) is 2.05. The standard InChI is InChI=1S/C19H28F4N2O.C2H6/c20-16(14-4-2-1-3-5-14)12-25-10-8-15-6-7-18(24-17(15)9-11-25)26-13-19(21,22)23;1-2/h14,16H,1-13H2;1-2H3. The maximum atomic E-state index is 14.6. The van der Waals surface area contributed by atoms with Gasteiger partial charge in [0.2, 0.25) is 0 Å².